The van der Waals surface area contributed by atoms with Crippen molar-refractivity contribution in [2.75, 3.05) is 22.1 Å². The Morgan fingerprint density at radius 3 is 2.57 bits per heavy atom. The molecule has 3 aromatic carbocycles. The van der Waals surface area contributed by atoms with E-state index in [0.717, 1.165) is 11.4 Å². The van der Waals surface area contributed by atoms with Gasteiger partial charge in [-0.2, -0.15) is 0 Å². The largest absolute Gasteiger partial charge is 0.455 e. The van der Waals surface area contributed by atoms with Gasteiger partial charge in [0.25, 0.3) is 0 Å². The third kappa shape index (κ3) is 4.27. The summed E-state index contributed by atoms with van der Waals surface area (Å²) in [5, 5.41) is 6.07. The number of nitrogens with zero attached hydrogens (tertiary/aromatic N) is 1. The number of rotatable bonds is 5. The first-order valence-corrected chi connectivity index (χ1v) is 9.88. The highest BCUT2D eigenvalue weighted by molar-refractivity contribution is 6.05. The second-order valence-electron chi connectivity index (χ2n) is 7.15. The molecule has 0 bridgehead atoms. The third-order valence-corrected chi connectivity index (χ3v) is 4.92. The van der Waals surface area contributed by atoms with E-state index in [2.05, 4.69) is 10.6 Å². The Labute approximate surface area is 175 Å². The second kappa shape index (κ2) is 8.69. The van der Waals surface area contributed by atoms with Crippen LogP contribution in [0.1, 0.15) is 13.3 Å². The third-order valence-electron chi connectivity index (χ3n) is 4.92. The summed E-state index contributed by atoms with van der Waals surface area (Å²) < 4.78 is 5.96. The van der Waals surface area contributed by atoms with E-state index in [1.807, 2.05) is 85.8 Å². The Hall–Kier alpha value is -3.80. The number of amides is 2. The number of hydrogen-bond acceptors (Lipinski definition) is 4. The van der Waals surface area contributed by atoms with Gasteiger partial charge in [-0.3, -0.25) is 9.59 Å². The van der Waals surface area contributed by atoms with Crippen molar-refractivity contribution in [1.29, 1.82) is 0 Å². The summed E-state index contributed by atoms with van der Waals surface area (Å²) in [5.41, 5.74) is 2.07. The van der Waals surface area contributed by atoms with Crippen LogP contribution in [-0.4, -0.2) is 24.4 Å². The van der Waals surface area contributed by atoms with Gasteiger partial charge in [0.05, 0.1) is 23.6 Å². The van der Waals surface area contributed by atoms with Crippen molar-refractivity contribution >= 4 is 28.9 Å². The highest BCUT2D eigenvalue weighted by Gasteiger charge is 2.29. The highest BCUT2D eigenvalue weighted by atomic mass is 16.5. The van der Waals surface area contributed by atoms with E-state index in [1.54, 1.807) is 4.90 Å². The van der Waals surface area contributed by atoms with Crippen LogP contribution < -0.4 is 20.3 Å². The lowest BCUT2D eigenvalue weighted by Crippen LogP contribution is -2.42. The molecule has 1 aliphatic rings. The molecule has 30 heavy (non-hydrogen) atoms. The van der Waals surface area contributed by atoms with Gasteiger partial charge < -0.3 is 20.3 Å². The van der Waals surface area contributed by atoms with Crippen molar-refractivity contribution in [3.63, 3.8) is 0 Å². The fourth-order valence-corrected chi connectivity index (χ4v) is 3.54. The van der Waals surface area contributed by atoms with Crippen molar-refractivity contribution in [2.45, 2.75) is 19.4 Å². The van der Waals surface area contributed by atoms with Gasteiger partial charge >= 0.3 is 0 Å². The van der Waals surface area contributed by atoms with Crippen molar-refractivity contribution in [1.82, 2.24) is 0 Å². The van der Waals surface area contributed by atoms with Crippen LogP contribution in [0.25, 0.3) is 0 Å². The maximum Gasteiger partial charge on any atom is 0.246 e. The molecule has 0 fully saturated rings. The smallest absolute Gasteiger partial charge is 0.246 e. The van der Waals surface area contributed by atoms with E-state index >= 15 is 0 Å². The van der Waals surface area contributed by atoms with Crippen molar-refractivity contribution in [2.24, 2.45) is 0 Å². The van der Waals surface area contributed by atoms with Crippen LogP contribution >= 0.6 is 0 Å². The van der Waals surface area contributed by atoms with Crippen molar-refractivity contribution < 1.29 is 14.3 Å². The topological polar surface area (TPSA) is 70.7 Å². The Bertz CT molecular complexity index is 1050. The lowest BCUT2D eigenvalue weighted by Gasteiger charge is -2.28. The average molecular weight is 401 g/mol. The predicted molar refractivity (Wildman–Crippen MR) is 118 cm³/mol. The molecule has 1 aliphatic heterocycles. The zero-order valence-corrected chi connectivity index (χ0v) is 16.7. The summed E-state index contributed by atoms with van der Waals surface area (Å²) in [4.78, 5) is 27.0. The highest BCUT2D eigenvalue weighted by Crippen LogP contribution is 2.32. The standard InChI is InChI=1S/C24H23N3O3/c1-17-15-23(28)26-19-11-5-7-13-21(19)27(17)24(29)16-25-20-12-6-8-14-22(20)30-18-9-3-2-4-10-18/h2-14,17,25H,15-16H2,1H3,(H,26,28)/t17-/m0/s1. The molecule has 1 atom stereocenters. The molecule has 0 aromatic heterocycles. The normalized spacial score (nSPS) is 15.6. The van der Waals surface area contributed by atoms with Gasteiger partial charge in [0.15, 0.2) is 5.75 Å². The summed E-state index contributed by atoms with van der Waals surface area (Å²) >= 11 is 0. The molecule has 0 radical (unpaired) electrons. The van der Waals surface area contributed by atoms with Crippen LogP contribution in [0.3, 0.4) is 0 Å². The van der Waals surface area contributed by atoms with Gasteiger partial charge in [-0.05, 0) is 43.3 Å². The van der Waals surface area contributed by atoms with Crippen LogP contribution in [0.15, 0.2) is 78.9 Å². The molecule has 2 N–H and O–H groups in total. The summed E-state index contributed by atoms with van der Waals surface area (Å²) in [6.45, 7) is 1.95. The molecule has 3 aromatic rings. The Morgan fingerprint density at radius 2 is 1.73 bits per heavy atom. The molecule has 4 rings (SSSR count). The zero-order valence-electron chi connectivity index (χ0n) is 16.7. The quantitative estimate of drug-likeness (QED) is 0.653. The fourth-order valence-electron chi connectivity index (χ4n) is 3.54. The van der Waals surface area contributed by atoms with E-state index in [-0.39, 0.29) is 30.8 Å². The number of para-hydroxylation sites is 5. The first-order valence-electron chi connectivity index (χ1n) is 9.88. The van der Waals surface area contributed by atoms with Gasteiger partial charge in [0.1, 0.15) is 5.75 Å². The molecular weight excluding hydrogens is 378 g/mol. The predicted octanol–water partition coefficient (Wildman–Crippen LogP) is 4.65. The SMILES string of the molecule is C[C@H]1CC(=O)Nc2ccccc2N1C(=O)CNc1ccccc1Oc1ccccc1. The molecule has 0 saturated carbocycles. The van der Waals surface area contributed by atoms with Crippen LogP contribution in [0.2, 0.25) is 0 Å². The lowest BCUT2D eigenvalue weighted by molar-refractivity contribution is -0.118. The Balaban J connectivity index is 1.52. The fraction of sp³-hybridized carbons (Fsp3) is 0.167. The number of ether oxygens (including phenoxy) is 1. The van der Waals surface area contributed by atoms with E-state index in [0.29, 0.717) is 17.1 Å². The summed E-state index contributed by atoms with van der Waals surface area (Å²) in [7, 11) is 0. The molecule has 0 saturated heterocycles. The first kappa shape index (κ1) is 19.5. The van der Waals surface area contributed by atoms with Crippen LogP contribution in [0.4, 0.5) is 17.1 Å². The van der Waals surface area contributed by atoms with Crippen LogP contribution in [0, 0.1) is 0 Å². The Morgan fingerprint density at radius 1 is 1.03 bits per heavy atom. The van der Waals surface area contributed by atoms with E-state index < -0.39 is 0 Å². The molecule has 2 amide bonds. The number of anilines is 3. The minimum Gasteiger partial charge on any atom is -0.455 e. The molecule has 1 heterocycles. The molecule has 0 aliphatic carbocycles. The lowest BCUT2D eigenvalue weighted by atomic mass is 10.1. The first-order chi connectivity index (χ1) is 14.6. The molecule has 6 nitrogen and oxygen atoms in total. The minimum atomic E-state index is -0.251. The number of hydrogen-bond donors (Lipinski definition) is 2. The molecule has 0 spiro atoms. The molecule has 152 valence electrons. The molecule has 0 unspecified atom stereocenters. The van der Waals surface area contributed by atoms with Gasteiger partial charge in [-0.1, -0.05) is 42.5 Å². The van der Waals surface area contributed by atoms with Crippen LogP contribution in [-0.2, 0) is 9.59 Å². The number of nitrogens with one attached hydrogen (secondary N) is 2. The number of benzene rings is 3. The van der Waals surface area contributed by atoms with Gasteiger partial charge in [0, 0.05) is 12.5 Å². The van der Waals surface area contributed by atoms with Gasteiger partial charge in [-0.15, -0.1) is 0 Å². The maximum atomic E-state index is 13.2. The van der Waals surface area contributed by atoms with E-state index in [9.17, 15) is 9.59 Å². The molecular formula is C24H23N3O3. The zero-order chi connectivity index (χ0) is 20.9. The summed E-state index contributed by atoms with van der Waals surface area (Å²) in [5.74, 6) is 1.14. The summed E-state index contributed by atoms with van der Waals surface area (Å²) in [6, 6.07) is 24.1. The minimum absolute atomic E-state index is 0.0715. The molecule has 6 heteroatoms. The monoisotopic (exact) mass is 401 g/mol. The van der Waals surface area contributed by atoms with Crippen LogP contribution in [0.5, 0.6) is 11.5 Å². The average Bonchev–Trinajstić information content (AvgIpc) is 2.88. The Kier molecular flexibility index (Phi) is 5.66. The summed E-state index contributed by atoms with van der Waals surface area (Å²) in [6.07, 6.45) is 0.244. The number of fused-ring (bicyclic) bond motifs is 1. The number of carbonyl (C=O) groups is 2. The van der Waals surface area contributed by atoms with Crippen molar-refractivity contribution in [3.8, 4) is 11.5 Å². The second-order valence-corrected chi connectivity index (χ2v) is 7.15. The van der Waals surface area contributed by atoms with Gasteiger partial charge in [-0.25, -0.2) is 0 Å². The number of carbonyl (C=O) groups excluding carboxylic acids is 2. The van der Waals surface area contributed by atoms with Gasteiger partial charge in [0.2, 0.25) is 11.8 Å². The maximum absolute atomic E-state index is 13.2. The van der Waals surface area contributed by atoms with Crippen molar-refractivity contribution in [3.05, 3.63) is 78.9 Å². The van der Waals surface area contributed by atoms with E-state index in [1.165, 1.54) is 0 Å². The van der Waals surface area contributed by atoms with E-state index in [4.69, 9.17) is 4.74 Å².